The molecule has 0 aliphatic heterocycles. The second-order valence-electron chi connectivity index (χ2n) is 2.66. The van der Waals surface area contributed by atoms with Crippen molar-refractivity contribution in [2.24, 2.45) is 5.73 Å². The van der Waals surface area contributed by atoms with E-state index in [2.05, 4.69) is 15.6 Å². The molecule has 0 saturated heterocycles. The van der Waals surface area contributed by atoms with Crippen molar-refractivity contribution in [3.8, 4) is 0 Å². The van der Waals surface area contributed by atoms with E-state index in [1.165, 1.54) is 6.92 Å². The molecule has 0 atom stereocenters. The molecule has 3 N–H and O–H groups in total. The molecule has 0 aliphatic carbocycles. The van der Waals surface area contributed by atoms with Gasteiger partial charge in [-0.1, -0.05) is 5.21 Å². The van der Waals surface area contributed by atoms with E-state index in [9.17, 15) is 4.79 Å². The van der Waals surface area contributed by atoms with Crippen LogP contribution in [0.2, 0.25) is 0 Å². The quantitative estimate of drug-likeness (QED) is 0.618. The van der Waals surface area contributed by atoms with Crippen LogP contribution in [0.4, 0.5) is 0 Å². The number of hydrogen-bond donors (Lipinski definition) is 2. The SMILES string of the molecule is CC(=O)NCCn1cc(CN)nn1. The minimum absolute atomic E-state index is 0.0424. The highest BCUT2D eigenvalue weighted by molar-refractivity contribution is 5.72. The fraction of sp³-hybridized carbons (Fsp3) is 0.571. The van der Waals surface area contributed by atoms with Gasteiger partial charge in [0.1, 0.15) is 0 Å². The van der Waals surface area contributed by atoms with Gasteiger partial charge in [0.15, 0.2) is 0 Å². The molecular weight excluding hydrogens is 170 g/mol. The summed E-state index contributed by atoms with van der Waals surface area (Å²) < 4.78 is 1.65. The lowest BCUT2D eigenvalue weighted by molar-refractivity contribution is -0.118. The smallest absolute Gasteiger partial charge is 0.216 e. The third-order valence-corrected chi connectivity index (χ3v) is 1.51. The number of nitrogens with zero attached hydrogens (tertiary/aromatic N) is 3. The fourth-order valence-electron chi connectivity index (χ4n) is 0.888. The summed E-state index contributed by atoms with van der Waals surface area (Å²) in [6, 6.07) is 0. The molecule has 0 aliphatic rings. The second kappa shape index (κ2) is 4.56. The van der Waals surface area contributed by atoms with E-state index >= 15 is 0 Å². The van der Waals surface area contributed by atoms with Crippen LogP contribution >= 0.6 is 0 Å². The number of nitrogens with two attached hydrogens (primary N) is 1. The minimum Gasteiger partial charge on any atom is -0.354 e. The van der Waals surface area contributed by atoms with Crippen LogP contribution in [0.5, 0.6) is 0 Å². The average Bonchev–Trinajstić information content (AvgIpc) is 2.52. The lowest BCUT2D eigenvalue weighted by Gasteiger charge is -2.00. The van der Waals surface area contributed by atoms with Crippen LogP contribution in [0.3, 0.4) is 0 Å². The van der Waals surface area contributed by atoms with E-state index in [4.69, 9.17) is 5.73 Å². The maximum Gasteiger partial charge on any atom is 0.216 e. The second-order valence-corrected chi connectivity index (χ2v) is 2.66. The third kappa shape index (κ3) is 3.20. The molecule has 0 unspecified atom stereocenters. The van der Waals surface area contributed by atoms with Crippen LogP contribution in [0.1, 0.15) is 12.6 Å². The van der Waals surface area contributed by atoms with Crippen molar-refractivity contribution in [1.29, 1.82) is 0 Å². The van der Waals surface area contributed by atoms with E-state index in [0.29, 0.717) is 19.6 Å². The molecule has 1 heterocycles. The van der Waals surface area contributed by atoms with Crippen molar-refractivity contribution in [3.63, 3.8) is 0 Å². The molecule has 0 spiro atoms. The number of nitrogens with one attached hydrogen (secondary N) is 1. The van der Waals surface area contributed by atoms with Crippen molar-refractivity contribution in [3.05, 3.63) is 11.9 Å². The zero-order valence-corrected chi connectivity index (χ0v) is 7.53. The van der Waals surface area contributed by atoms with E-state index in [-0.39, 0.29) is 5.91 Å². The van der Waals surface area contributed by atoms with Crippen LogP contribution in [0, 0.1) is 0 Å². The molecule has 1 aromatic heterocycles. The Morgan fingerprint density at radius 1 is 1.77 bits per heavy atom. The number of hydrogen-bond acceptors (Lipinski definition) is 4. The van der Waals surface area contributed by atoms with Gasteiger partial charge < -0.3 is 11.1 Å². The van der Waals surface area contributed by atoms with E-state index in [1.807, 2.05) is 0 Å². The largest absolute Gasteiger partial charge is 0.354 e. The molecule has 1 amide bonds. The molecule has 0 fully saturated rings. The first kappa shape index (κ1) is 9.66. The monoisotopic (exact) mass is 183 g/mol. The van der Waals surface area contributed by atoms with Gasteiger partial charge >= 0.3 is 0 Å². The number of amides is 1. The Hall–Kier alpha value is -1.43. The summed E-state index contributed by atoms with van der Waals surface area (Å²) in [7, 11) is 0. The molecule has 72 valence electrons. The normalized spacial score (nSPS) is 10.0. The summed E-state index contributed by atoms with van der Waals surface area (Å²) in [6.45, 7) is 3.04. The zero-order chi connectivity index (χ0) is 9.68. The fourth-order valence-corrected chi connectivity index (χ4v) is 0.888. The standard InChI is InChI=1S/C7H13N5O/c1-6(13)9-2-3-12-5-7(4-8)10-11-12/h5H,2-4,8H2,1H3,(H,9,13). The number of carbonyl (C=O) groups is 1. The van der Waals surface area contributed by atoms with Crippen LogP contribution in [0.15, 0.2) is 6.20 Å². The van der Waals surface area contributed by atoms with E-state index in [0.717, 1.165) is 5.69 Å². The van der Waals surface area contributed by atoms with Crippen LogP contribution in [-0.4, -0.2) is 27.4 Å². The molecule has 6 nitrogen and oxygen atoms in total. The van der Waals surface area contributed by atoms with Gasteiger partial charge in [0, 0.05) is 26.2 Å². The maximum atomic E-state index is 10.5. The highest BCUT2D eigenvalue weighted by Crippen LogP contribution is 1.89. The van der Waals surface area contributed by atoms with E-state index in [1.54, 1.807) is 10.9 Å². The van der Waals surface area contributed by atoms with Crippen LogP contribution in [-0.2, 0) is 17.9 Å². The molecule has 1 aromatic rings. The van der Waals surface area contributed by atoms with Crippen molar-refractivity contribution >= 4 is 5.91 Å². The number of rotatable bonds is 4. The Morgan fingerprint density at radius 3 is 3.08 bits per heavy atom. The van der Waals surface area contributed by atoms with Crippen molar-refractivity contribution in [2.75, 3.05) is 6.54 Å². The lowest BCUT2D eigenvalue weighted by Crippen LogP contribution is -2.24. The van der Waals surface area contributed by atoms with Crippen molar-refractivity contribution in [1.82, 2.24) is 20.3 Å². The van der Waals surface area contributed by atoms with Gasteiger partial charge in [-0.2, -0.15) is 0 Å². The van der Waals surface area contributed by atoms with Gasteiger partial charge in [0.05, 0.1) is 12.2 Å². The predicted molar refractivity (Wildman–Crippen MR) is 46.6 cm³/mol. The third-order valence-electron chi connectivity index (χ3n) is 1.51. The summed E-state index contributed by atoms with van der Waals surface area (Å²) in [5, 5.41) is 10.3. The summed E-state index contributed by atoms with van der Waals surface area (Å²) in [4.78, 5) is 10.5. The summed E-state index contributed by atoms with van der Waals surface area (Å²) >= 11 is 0. The Kier molecular flexibility index (Phi) is 3.39. The Labute approximate surface area is 76.1 Å². The van der Waals surface area contributed by atoms with Gasteiger partial charge in [-0.3, -0.25) is 9.48 Å². The highest BCUT2D eigenvalue weighted by atomic mass is 16.1. The molecule has 0 aromatic carbocycles. The minimum atomic E-state index is -0.0424. The Bertz CT molecular complexity index is 282. The van der Waals surface area contributed by atoms with Crippen LogP contribution < -0.4 is 11.1 Å². The average molecular weight is 183 g/mol. The molecule has 6 heteroatoms. The van der Waals surface area contributed by atoms with Gasteiger partial charge in [0.25, 0.3) is 0 Å². The maximum absolute atomic E-state index is 10.5. The zero-order valence-electron chi connectivity index (χ0n) is 7.53. The molecule has 0 radical (unpaired) electrons. The van der Waals surface area contributed by atoms with Gasteiger partial charge in [-0.25, -0.2) is 0 Å². The molecule has 0 saturated carbocycles. The molecule has 1 rings (SSSR count). The van der Waals surface area contributed by atoms with Gasteiger partial charge in [-0.05, 0) is 0 Å². The van der Waals surface area contributed by atoms with Gasteiger partial charge in [-0.15, -0.1) is 5.10 Å². The molecule has 13 heavy (non-hydrogen) atoms. The van der Waals surface area contributed by atoms with E-state index < -0.39 is 0 Å². The summed E-state index contributed by atoms with van der Waals surface area (Å²) in [5.74, 6) is -0.0424. The number of aromatic nitrogens is 3. The lowest BCUT2D eigenvalue weighted by atomic mass is 10.5. The molecular formula is C7H13N5O. The predicted octanol–water partition coefficient (Wildman–Crippen LogP) is -1.13. The number of carbonyl (C=O) groups excluding carboxylic acids is 1. The Morgan fingerprint density at radius 2 is 2.54 bits per heavy atom. The van der Waals surface area contributed by atoms with Crippen molar-refractivity contribution in [2.45, 2.75) is 20.0 Å². The van der Waals surface area contributed by atoms with Crippen LogP contribution in [0.25, 0.3) is 0 Å². The van der Waals surface area contributed by atoms with Crippen molar-refractivity contribution < 1.29 is 4.79 Å². The van der Waals surface area contributed by atoms with Gasteiger partial charge in [0.2, 0.25) is 5.91 Å². The first-order valence-corrected chi connectivity index (χ1v) is 4.06. The highest BCUT2D eigenvalue weighted by Gasteiger charge is 1.97. The summed E-state index contributed by atoms with van der Waals surface area (Å²) in [5.41, 5.74) is 6.11. The topological polar surface area (TPSA) is 85.8 Å². The first-order chi connectivity index (χ1) is 6.22. The first-order valence-electron chi connectivity index (χ1n) is 4.06. The molecule has 0 bridgehead atoms. The Balaban J connectivity index is 2.32. The summed E-state index contributed by atoms with van der Waals surface area (Å²) in [6.07, 6.45) is 1.77.